The second-order valence-electron chi connectivity index (χ2n) is 5.33. The zero-order chi connectivity index (χ0) is 19.6. The molecule has 142 valence electrons. The molecule has 0 saturated heterocycles. The molecule has 2 aromatic carbocycles. The molecule has 2 N–H and O–H groups in total. The standard InChI is InChI=1S/C19H20N2O6/c1-20-19(24)13-4-3-5-14(10-13)21-17(22)11-27-18(23)12-26-16-8-6-15(25-2)7-9-16/h3-10H,11-12H2,1-2H3,(H,20,24)(H,21,22). The lowest BCUT2D eigenvalue weighted by Crippen LogP contribution is -2.24. The quantitative estimate of drug-likeness (QED) is 0.683. The van der Waals surface area contributed by atoms with Gasteiger partial charge in [0.2, 0.25) is 0 Å². The Morgan fingerprint density at radius 3 is 2.33 bits per heavy atom. The first-order chi connectivity index (χ1) is 13.0. The summed E-state index contributed by atoms with van der Waals surface area (Å²) in [7, 11) is 3.06. The van der Waals surface area contributed by atoms with Crippen LogP contribution < -0.4 is 20.1 Å². The molecule has 0 aliphatic rings. The van der Waals surface area contributed by atoms with Gasteiger partial charge in [0, 0.05) is 18.3 Å². The van der Waals surface area contributed by atoms with Crippen LogP contribution in [0.4, 0.5) is 5.69 Å². The SMILES string of the molecule is CNC(=O)c1cccc(NC(=O)COC(=O)COc2ccc(OC)cc2)c1. The number of esters is 1. The van der Waals surface area contributed by atoms with Crippen molar-refractivity contribution in [1.29, 1.82) is 0 Å². The largest absolute Gasteiger partial charge is 0.497 e. The highest BCUT2D eigenvalue weighted by atomic mass is 16.6. The van der Waals surface area contributed by atoms with Gasteiger partial charge < -0.3 is 24.8 Å². The van der Waals surface area contributed by atoms with Crippen LogP contribution in [0.1, 0.15) is 10.4 Å². The Balaban J connectivity index is 1.76. The number of nitrogens with one attached hydrogen (secondary N) is 2. The number of ether oxygens (including phenoxy) is 3. The van der Waals surface area contributed by atoms with Crippen molar-refractivity contribution >= 4 is 23.5 Å². The highest BCUT2D eigenvalue weighted by molar-refractivity contribution is 5.97. The number of benzene rings is 2. The predicted molar refractivity (Wildman–Crippen MR) is 97.9 cm³/mol. The molecule has 0 spiro atoms. The van der Waals surface area contributed by atoms with Crippen molar-refractivity contribution in [2.45, 2.75) is 0 Å². The van der Waals surface area contributed by atoms with E-state index in [1.165, 1.54) is 13.1 Å². The Morgan fingerprint density at radius 2 is 1.67 bits per heavy atom. The molecular weight excluding hydrogens is 352 g/mol. The number of amides is 2. The van der Waals surface area contributed by atoms with Crippen LogP contribution in [0.15, 0.2) is 48.5 Å². The molecule has 0 unspecified atom stereocenters. The van der Waals surface area contributed by atoms with Crippen LogP contribution in [-0.4, -0.2) is 45.2 Å². The Labute approximate surface area is 156 Å². The number of rotatable bonds is 8. The van der Waals surface area contributed by atoms with Crippen LogP contribution in [0.25, 0.3) is 0 Å². The van der Waals surface area contributed by atoms with E-state index in [-0.39, 0.29) is 12.5 Å². The Hall–Kier alpha value is -3.55. The van der Waals surface area contributed by atoms with Crippen LogP contribution in [0, 0.1) is 0 Å². The molecule has 0 aromatic heterocycles. The van der Waals surface area contributed by atoms with E-state index in [0.29, 0.717) is 22.7 Å². The number of carbonyl (C=O) groups is 3. The molecule has 0 atom stereocenters. The van der Waals surface area contributed by atoms with Crippen molar-refractivity contribution in [2.75, 3.05) is 32.7 Å². The maximum Gasteiger partial charge on any atom is 0.344 e. The summed E-state index contributed by atoms with van der Waals surface area (Å²) in [5.41, 5.74) is 0.826. The maximum absolute atomic E-state index is 11.9. The molecule has 8 heteroatoms. The molecule has 0 aliphatic heterocycles. The molecule has 2 amide bonds. The summed E-state index contributed by atoms with van der Waals surface area (Å²) in [6.07, 6.45) is 0. The number of hydrogen-bond donors (Lipinski definition) is 2. The first kappa shape index (κ1) is 19.8. The molecule has 2 aromatic rings. The van der Waals surface area contributed by atoms with Gasteiger partial charge in [0.25, 0.3) is 11.8 Å². The van der Waals surface area contributed by atoms with Crippen molar-refractivity contribution in [3.8, 4) is 11.5 Å². The Kier molecular flexibility index (Phi) is 7.18. The normalized spacial score (nSPS) is 9.85. The topological polar surface area (TPSA) is 103 Å². The molecule has 0 radical (unpaired) electrons. The van der Waals surface area contributed by atoms with Crippen LogP contribution >= 0.6 is 0 Å². The number of hydrogen-bond acceptors (Lipinski definition) is 6. The van der Waals surface area contributed by atoms with Gasteiger partial charge in [0.15, 0.2) is 13.2 Å². The Bertz CT molecular complexity index is 804. The summed E-state index contributed by atoms with van der Waals surface area (Å²) in [6.45, 7) is -0.791. The third kappa shape index (κ3) is 6.35. The van der Waals surface area contributed by atoms with Gasteiger partial charge in [-0.15, -0.1) is 0 Å². The molecule has 2 rings (SSSR count). The molecule has 0 heterocycles. The van der Waals surface area contributed by atoms with E-state index in [4.69, 9.17) is 14.2 Å². The predicted octanol–water partition coefficient (Wildman–Crippen LogP) is 1.62. The van der Waals surface area contributed by atoms with E-state index in [2.05, 4.69) is 10.6 Å². The van der Waals surface area contributed by atoms with Crippen LogP contribution in [0.5, 0.6) is 11.5 Å². The minimum absolute atomic E-state index is 0.270. The lowest BCUT2D eigenvalue weighted by atomic mass is 10.2. The average molecular weight is 372 g/mol. The van der Waals surface area contributed by atoms with Crippen molar-refractivity contribution in [1.82, 2.24) is 5.32 Å². The summed E-state index contributed by atoms with van der Waals surface area (Å²) in [5.74, 6) is -0.333. The third-order valence-corrected chi connectivity index (χ3v) is 3.42. The summed E-state index contributed by atoms with van der Waals surface area (Å²) >= 11 is 0. The number of anilines is 1. The second kappa shape index (κ2) is 9.81. The average Bonchev–Trinajstić information content (AvgIpc) is 2.70. The van der Waals surface area contributed by atoms with Gasteiger partial charge in [0.05, 0.1) is 7.11 Å². The van der Waals surface area contributed by atoms with Gasteiger partial charge in [-0.3, -0.25) is 9.59 Å². The zero-order valence-corrected chi connectivity index (χ0v) is 15.0. The highest BCUT2D eigenvalue weighted by Crippen LogP contribution is 2.16. The van der Waals surface area contributed by atoms with Crippen molar-refractivity contribution in [3.05, 3.63) is 54.1 Å². The van der Waals surface area contributed by atoms with Crippen LogP contribution in [-0.2, 0) is 14.3 Å². The van der Waals surface area contributed by atoms with Crippen LogP contribution in [0.2, 0.25) is 0 Å². The fraction of sp³-hybridized carbons (Fsp3) is 0.211. The fourth-order valence-corrected chi connectivity index (χ4v) is 2.08. The van der Waals surface area contributed by atoms with Gasteiger partial charge in [-0.25, -0.2) is 4.79 Å². The van der Waals surface area contributed by atoms with E-state index in [1.54, 1.807) is 49.6 Å². The van der Waals surface area contributed by atoms with Gasteiger partial charge in [-0.05, 0) is 42.5 Å². The van der Waals surface area contributed by atoms with Crippen molar-refractivity contribution in [3.63, 3.8) is 0 Å². The van der Waals surface area contributed by atoms with E-state index in [1.807, 2.05) is 0 Å². The lowest BCUT2D eigenvalue weighted by molar-refractivity contribution is -0.149. The van der Waals surface area contributed by atoms with Gasteiger partial charge in [-0.1, -0.05) is 6.07 Å². The highest BCUT2D eigenvalue weighted by Gasteiger charge is 2.10. The summed E-state index contributed by atoms with van der Waals surface area (Å²) in [4.78, 5) is 35.1. The van der Waals surface area contributed by atoms with E-state index in [9.17, 15) is 14.4 Å². The zero-order valence-electron chi connectivity index (χ0n) is 15.0. The molecule has 0 aliphatic carbocycles. The molecule has 0 fully saturated rings. The molecule has 0 bridgehead atoms. The molecular formula is C19H20N2O6. The summed E-state index contributed by atoms with van der Waals surface area (Å²) in [5, 5.41) is 5.05. The van der Waals surface area contributed by atoms with Crippen molar-refractivity contribution in [2.24, 2.45) is 0 Å². The monoisotopic (exact) mass is 372 g/mol. The van der Waals surface area contributed by atoms with Gasteiger partial charge in [0.1, 0.15) is 11.5 Å². The van der Waals surface area contributed by atoms with E-state index < -0.39 is 18.5 Å². The van der Waals surface area contributed by atoms with Crippen LogP contribution in [0.3, 0.4) is 0 Å². The van der Waals surface area contributed by atoms with E-state index in [0.717, 1.165) is 0 Å². The first-order valence-corrected chi connectivity index (χ1v) is 8.06. The van der Waals surface area contributed by atoms with Crippen molar-refractivity contribution < 1.29 is 28.6 Å². The molecule has 27 heavy (non-hydrogen) atoms. The van der Waals surface area contributed by atoms with Gasteiger partial charge >= 0.3 is 5.97 Å². The number of carbonyl (C=O) groups excluding carboxylic acids is 3. The maximum atomic E-state index is 11.9. The third-order valence-electron chi connectivity index (χ3n) is 3.42. The summed E-state index contributed by atoms with van der Waals surface area (Å²) < 4.78 is 15.1. The smallest absolute Gasteiger partial charge is 0.344 e. The first-order valence-electron chi connectivity index (χ1n) is 8.06. The van der Waals surface area contributed by atoms with E-state index >= 15 is 0 Å². The fourth-order valence-electron chi connectivity index (χ4n) is 2.08. The minimum atomic E-state index is -0.680. The molecule has 8 nitrogen and oxygen atoms in total. The molecule has 0 saturated carbocycles. The minimum Gasteiger partial charge on any atom is -0.497 e. The Morgan fingerprint density at radius 1 is 0.963 bits per heavy atom. The lowest BCUT2D eigenvalue weighted by Gasteiger charge is -2.09. The number of methoxy groups -OCH3 is 1. The van der Waals surface area contributed by atoms with Gasteiger partial charge in [-0.2, -0.15) is 0 Å². The second-order valence-corrected chi connectivity index (χ2v) is 5.33. The summed E-state index contributed by atoms with van der Waals surface area (Å²) in [6, 6.07) is 13.1.